The quantitative estimate of drug-likeness (QED) is 0.880. The maximum atomic E-state index is 11.5. The molecule has 1 aliphatic rings. The summed E-state index contributed by atoms with van der Waals surface area (Å²) in [5.41, 5.74) is 0.414. The number of anilines is 1. The molecule has 0 aliphatic heterocycles. The van der Waals surface area contributed by atoms with Crippen molar-refractivity contribution in [1.29, 1.82) is 0 Å². The van der Waals surface area contributed by atoms with Crippen LogP contribution in [0.1, 0.15) is 31.4 Å². The number of carboxylic acid groups (broad SMARTS) is 1. The first-order chi connectivity index (χ1) is 9.62. The summed E-state index contributed by atoms with van der Waals surface area (Å²) in [7, 11) is 0. The van der Waals surface area contributed by atoms with Crippen molar-refractivity contribution in [2.24, 2.45) is 5.41 Å². The molecule has 0 unspecified atom stereocenters. The van der Waals surface area contributed by atoms with Crippen LogP contribution in [-0.2, 0) is 4.79 Å². The summed E-state index contributed by atoms with van der Waals surface area (Å²) < 4.78 is 5.08. The number of hydrogen-bond donors (Lipinski definition) is 2. The van der Waals surface area contributed by atoms with Gasteiger partial charge in [0.15, 0.2) is 0 Å². The third kappa shape index (κ3) is 1.99. The molecule has 2 aromatic rings. The van der Waals surface area contributed by atoms with E-state index in [9.17, 15) is 9.90 Å². The maximum Gasteiger partial charge on any atom is 0.311 e. The highest BCUT2D eigenvalue weighted by molar-refractivity contribution is 5.87. The number of aryl methyl sites for hydroxylation is 1. The van der Waals surface area contributed by atoms with Gasteiger partial charge < -0.3 is 14.9 Å². The molecule has 20 heavy (non-hydrogen) atoms. The molecule has 2 aromatic heterocycles. The molecule has 0 amide bonds. The van der Waals surface area contributed by atoms with Gasteiger partial charge in [0.1, 0.15) is 17.5 Å². The van der Waals surface area contributed by atoms with Gasteiger partial charge in [0.2, 0.25) is 0 Å². The first-order valence-corrected chi connectivity index (χ1v) is 6.67. The molecule has 1 saturated carbocycles. The third-order valence-electron chi connectivity index (χ3n) is 4.05. The van der Waals surface area contributed by atoms with Crippen LogP contribution in [0, 0.1) is 12.3 Å². The van der Waals surface area contributed by atoms with Crippen molar-refractivity contribution in [3.8, 4) is 0 Å². The smallest absolute Gasteiger partial charge is 0.311 e. The van der Waals surface area contributed by atoms with E-state index in [1.807, 2.05) is 6.92 Å². The van der Waals surface area contributed by atoms with Gasteiger partial charge in [-0.1, -0.05) is 18.0 Å². The van der Waals surface area contributed by atoms with Crippen molar-refractivity contribution in [3.05, 3.63) is 12.0 Å². The minimum absolute atomic E-state index is 0.360. The van der Waals surface area contributed by atoms with Crippen LogP contribution in [0.15, 0.2) is 10.9 Å². The lowest BCUT2D eigenvalue weighted by molar-refractivity contribution is -0.147. The molecule has 0 saturated heterocycles. The fourth-order valence-corrected chi connectivity index (χ4v) is 2.83. The van der Waals surface area contributed by atoms with Gasteiger partial charge in [-0.15, -0.1) is 0 Å². The number of carboxylic acids is 1. The molecule has 3 rings (SSSR count). The Labute approximate surface area is 115 Å². The van der Waals surface area contributed by atoms with Gasteiger partial charge in [0.25, 0.3) is 5.71 Å². The van der Waals surface area contributed by atoms with E-state index >= 15 is 0 Å². The molecular weight excluding hydrogens is 260 g/mol. The van der Waals surface area contributed by atoms with Gasteiger partial charge in [0.05, 0.1) is 11.1 Å². The summed E-state index contributed by atoms with van der Waals surface area (Å²) in [6, 6.07) is 0. The molecular formula is C13H16N4O3. The van der Waals surface area contributed by atoms with Crippen molar-refractivity contribution >= 4 is 22.9 Å². The Kier molecular flexibility index (Phi) is 3.04. The van der Waals surface area contributed by atoms with Crippen LogP contribution >= 0.6 is 0 Å². The first kappa shape index (κ1) is 12.8. The van der Waals surface area contributed by atoms with Crippen LogP contribution in [0.25, 0.3) is 11.1 Å². The maximum absolute atomic E-state index is 11.5. The average molecular weight is 276 g/mol. The van der Waals surface area contributed by atoms with Crippen LogP contribution in [0.3, 0.4) is 0 Å². The summed E-state index contributed by atoms with van der Waals surface area (Å²) in [5, 5.41) is 17.2. The topological polar surface area (TPSA) is 101 Å². The summed E-state index contributed by atoms with van der Waals surface area (Å²) in [6.07, 6.45) is 4.70. The van der Waals surface area contributed by atoms with Crippen molar-refractivity contribution < 1.29 is 14.4 Å². The van der Waals surface area contributed by atoms with E-state index in [-0.39, 0.29) is 0 Å². The Morgan fingerprint density at radius 1 is 1.45 bits per heavy atom. The summed E-state index contributed by atoms with van der Waals surface area (Å²) >= 11 is 0. The minimum atomic E-state index is -0.741. The SMILES string of the molecule is Cc1noc2ncnc(NCC3(C(=O)O)CCCC3)c12. The standard InChI is InChI=1S/C13H16N4O3/c1-8-9-10(15-7-16-11(9)20-17-8)14-6-13(12(18)19)4-2-3-5-13/h7H,2-6H2,1H3,(H,18,19)(H,14,15,16). The number of carbonyl (C=O) groups is 1. The number of aliphatic carboxylic acids is 1. The lowest BCUT2D eigenvalue weighted by Crippen LogP contribution is -2.35. The highest BCUT2D eigenvalue weighted by Crippen LogP contribution is 2.38. The van der Waals surface area contributed by atoms with Crippen molar-refractivity contribution in [3.63, 3.8) is 0 Å². The molecule has 106 valence electrons. The van der Waals surface area contributed by atoms with Crippen LogP contribution in [0.2, 0.25) is 0 Å². The van der Waals surface area contributed by atoms with Crippen LogP contribution in [0.4, 0.5) is 5.82 Å². The van der Waals surface area contributed by atoms with Gasteiger partial charge in [0, 0.05) is 6.54 Å². The van der Waals surface area contributed by atoms with E-state index in [0.717, 1.165) is 12.8 Å². The predicted molar refractivity (Wildman–Crippen MR) is 71.4 cm³/mol. The highest BCUT2D eigenvalue weighted by atomic mass is 16.5. The van der Waals surface area contributed by atoms with Crippen molar-refractivity contribution in [2.75, 3.05) is 11.9 Å². The predicted octanol–water partition coefficient (Wildman–Crippen LogP) is 1.98. The van der Waals surface area contributed by atoms with E-state index in [2.05, 4.69) is 20.4 Å². The van der Waals surface area contributed by atoms with Crippen molar-refractivity contribution in [2.45, 2.75) is 32.6 Å². The number of hydrogen-bond acceptors (Lipinski definition) is 6. The Bertz CT molecular complexity index is 646. The van der Waals surface area contributed by atoms with E-state index in [1.54, 1.807) is 0 Å². The Morgan fingerprint density at radius 3 is 2.90 bits per heavy atom. The largest absolute Gasteiger partial charge is 0.481 e. The Hall–Kier alpha value is -2.18. The van der Waals surface area contributed by atoms with Gasteiger partial charge in [-0.05, 0) is 19.8 Å². The monoisotopic (exact) mass is 276 g/mol. The molecule has 1 aliphatic carbocycles. The summed E-state index contributed by atoms with van der Waals surface area (Å²) in [4.78, 5) is 19.7. The fourth-order valence-electron chi connectivity index (χ4n) is 2.83. The molecule has 7 heteroatoms. The molecule has 0 aromatic carbocycles. The zero-order chi connectivity index (χ0) is 14.2. The zero-order valence-electron chi connectivity index (χ0n) is 11.2. The number of aromatic nitrogens is 3. The number of nitrogens with zero attached hydrogens (tertiary/aromatic N) is 3. The van der Waals surface area contributed by atoms with E-state index in [4.69, 9.17) is 4.52 Å². The van der Waals surface area contributed by atoms with E-state index in [1.165, 1.54) is 6.33 Å². The second kappa shape index (κ2) is 4.73. The average Bonchev–Trinajstić information content (AvgIpc) is 3.05. The molecule has 1 fully saturated rings. The highest BCUT2D eigenvalue weighted by Gasteiger charge is 2.41. The molecule has 0 bridgehead atoms. The Morgan fingerprint density at radius 2 is 2.20 bits per heavy atom. The zero-order valence-corrected chi connectivity index (χ0v) is 11.2. The van der Waals surface area contributed by atoms with Crippen LogP contribution < -0.4 is 5.32 Å². The van der Waals surface area contributed by atoms with E-state index < -0.39 is 11.4 Å². The number of fused-ring (bicyclic) bond motifs is 1. The molecule has 0 radical (unpaired) electrons. The molecule has 2 heterocycles. The van der Waals surface area contributed by atoms with Crippen LogP contribution in [-0.4, -0.2) is 32.7 Å². The van der Waals surface area contributed by atoms with Gasteiger partial charge in [-0.2, -0.15) is 4.98 Å². The lowest BCUT2D eigenvalue weighted by atomic mass is 9.86. The normalized spacial score (nSPS) is 17.4. The molecule has 0 spiro atoms. The molecule has 7 nitrogen and oxygen atoms in total. The summed E-state index contributed by atoms with van der Waals surface area (Å²) in [6.45, 7) is 2.17. The fraction of sp³-hybridized carbons (Fsp3) is 0.538. The first-order valence-electron chi connectivity index (χ1n) is 6.67. The molecule has 0 atom stereocenters. The van der Waals surface area contributed by atoms with Gasteiger partial charge in [-0.3, -0.25) is 4.79 Å². The minimum Gasteiger partial charge on any atom is -0.481 e. The number of nitrogens with one attached hydrogen (secondary N) is 1. The third-order valence-corrected chi connectivity index (χ3v) is 4.05. The van der Waals surface area contributed by atoms with Crippen LogP contribution in [0.5, 0.6) is 0 Å². The molecule has 2 N–H and O–H groups in total. The van der Waals surface area contributed by atoms with Gasteiger partial charge in [-0.25, -0.2) is 4.98 Å². The second-order valence-corrected chi connectivity index (χ2v) is 5.32. The van der Waals surface area contributed by atoms with Crippen molar-refractivity contribution in [1.82, 2.24) is 15.1 Å². The second-order valence-electron chi connectivity index (χ2n) is 5.32. The summed E-state index contributed by atoms with van der Waals surface area (Å²) in [5.74, 6) is -0.156. The lowest BCUT2D eigenvalue weighted by Gasteiger charge is -2.24. The van der Waals surface area contributed by atoms with Gasteiger partial charge >= 0.3 is 5.97 Å². The number of rotatable bonds is 4. The van der Waals surface area contributed by atoms with E-state index in [0.29, 0.717) is 42.0 Å². The Balaban J connectivity index is 1.86.